The number of sulfonamides is 1. The highest BCUT2D eigenvalue weighted by Gasteiger charge is 2.34. The van der Waals surface area contributed by atoms with E-state index in [1.807, 2.05) is 0 Å². The summed E-state index contributed by atoms with van der Waals surface area (Å²) < 4.78 is 46.5. The molecule has 0 radical (unpaired) electrons. The fourth-order valence-electron chi connectivity index (χ4n) is 3.41. The van der Waals surface area contributed by atoms with E-state index in [0.717, 1.165) is 17.6 Å². The van der Waals surface area contributed by atoms with Gasteiger partial charge >= 0.3 is 5.97 Å². The summed E-state index contributed by atoms with van der Waals surface area (Å²) >= 11 is 5.95. The van der Waals surface area contributed by atoms with Crippen molar-refractivity contribution in [2.45, 2.75) is 11.4 Å². The molecule has 0 atom stereocenters. The molecule has 3 aromatic rings. The first-order valence-corrected chi connectivity index (χ1v) is 11.4. The molecule has 0 fully saturated rings. The fraction of sp³-hybridized carbons (Fsp3) is 0.0909. The molecule has 0 aromatic heterocycles. The average molecular weight is 490 g/mol. The Hall–Kier alpha value is -3.47. The largest absolute Gasteiger partial charge is 0.465 e. The molecule has 1 amide bonds. The summed E-state index contributed by atoms with van der Waals surface area (Å²) in [7, 11) is -3.06. The SMILES string of the molecule is COC(=O)c1ccccc1S(=O)(=O)N1NCc2ccc(NC(=O)c3c(F)cccc3Cl)cc21. The Bertz CT molecular complexity index is 1360. The van der Waals surface area contributed by atoms with Crippen LogP contribution >= 0.6 is 11.6 Å². The minimum absolute atomic E-state index is 0.0565. The minimum Gasteiger partial charge on any atom is -0.465 e. The van der Waals surface area contributed by atoms with E-state index in [4.69, 9.17) is 16.3 Å². The summed E-state index contributed by atoms with van der Waals surface area (Å²) in [4.78, 5) is 24.4. The van der Waals surface area contributed by atoms with Crippen molar-refractivity contribution < 1.29 is 27.1 Å². The third-order valence-corrected chi connectivity index (χ3v) is 7.01. The normalized spacial score (nSPS) is 12.9. The van der Waals surface area contributed by atoms with Crippen LogP contribution in [0.25, 0.3) is 0 Å². The Morgan fingerprint density at radius 3 is 2.61 bits per heavy atom. The van der Waals surface area contributed by atoms with Crippen LogP contribution in [0.1, 0.15) is 26.3 Å². The number of nitrogens with one attached hydrogen (secondary N) is 2. The lowest BCUT2D eigenvalue weighted by atomic mass is 10.1. The number of hydrogen-bond donors (Lipinski definition) is 2. The molecule has 11 heteroatoms. The molecule has 170 valence electrons. The van der Waals surface area contributed by atoms with Gasteiger partial charge in [-0.05, 0) is 42.0 Å². The third-order valence-electron chi connectivity index (χ3n) is 4.98. The molecule has 0 spiro atoms. The first-order chi connectivity index (χ1) is 15.7. The van der Waals surface area contributed by atoms with Gasteiger partial charge in [-0.25, -0.2) is 14.6 Å². The summed E-state index contributed by atoms with van der Waals surface area (Å²) in [6.45, 7) is 0.197. The summed E-state index contributed by atoms with van der Waals surface area (Å²) in [5, 5.41) is 2.48. The van der Waals surface area contributed by atoms with E-state index in [1.165, 1.54) is 42.5 Å². The third kappa shape index (κ3) is 4.15. The molecule has 33 heavy (non-hydrogen) atoms. The van der Waals surface area contributed by atoms with E-state index in [2.05, 4.69) is 10.7 Å². The quantitative estimate of drug-likeness (QED) is 0.529. The van der Waals surface area contributed by atoms with Crippen LogP contribution in [0.2, 0.25) is 5.02 Å². The predicted molar refractivity (Wildman–Crippen MR) is 120 cm³/mol. The number of hydrogen-bond acceptors (Lipinski definition) is 6. The molecule has 4 rings (SSSR count). The van der Waals surface area contributed by atoms with Crippen LogP contribution in [0.15, 0.2) is 65.6 Å². The lowest BCUT2D eigenvalue weighted by Gasteiger charge is -2.21. The molecule has 2 N–H and O–H groups in total. The molecule has 8 nitrogen and oxygen atoms in total. The van der Waals surface area contributed by atoms with Gasteiger partial charge in [-0.1, -0.05) is 35.9 Å². The molecule has 1 aliphatic heterocycles. The second-order valence-corrected chi connectivity index (χ2v) is 9.15. The van der Waals surface area contributed by atoms with Gasteiger partial charge in [0.15, 0.2) is 0 Å². The van der Waals surface area contributed by atoms with Gasteiger partial charge in [0.1, 0.15) is 10.7 Å². The van der Waals surface area contributed by atoms with Crippen molar-refractivity contribution >= 4 is 44.9 Å². The molecule has 0 bridgehead atoms. The van der Waals surface area contributed by atoms with Gasteiger partial charge in [0.05, 0.1) is 28.9 Å². The number of carbonyl (C=O) groups is 2. The number of rotatable bonds is 5. The van der Waals surface area contributed by atoms with Gasteiger partial charge in [0.2, 0.25) is 0 Å². The van der Waals surface area contributed by atoms with Crippen molar-refractivity contribution in [3.05, 3.63) is 88.2 Å². The van der Waals surface area contributed by atoms with E-state index in [0.29, 0.717) is 5.56 Å². The number of hydrazine groups is 1. The van der Waals surface area contributed by atoms with Crippen molar-refractivity contribution in [3.8, 4) is 0 Å². The molecule has 0 saturated heterocycles. The van der Waals surface area contributed by atoms with Crippen LogP contribution in [-0.2, 0) is 21.3 Å². The van der Waals surface area contributed by atoms with E-state index in [1.54, 1.807) is 12.1 Å². The number of anilines is 2. The number of methoxy groups -OCH3 is 1. The molecule has 1 heterocycles. The van der Waals surface area contributed by atoms with Crippen molar-refractivity contribution in [2.24, 2.45) is 0 Å². The molecular formula is C22H17ClFN3O5S. The first kappa shape index (κ1) is 22.7. The maximum Gasteiger partial charge on any atom is 0.339 e. The number of ether oxygens (including phenoxy) is 1. The van der Waals surface area contributed by atoms with Gasteiger partial charge < -0.3 is 10.1 Å². The van der Waals surface area contributed by atoms with Gasteiger partial charge in [-0.2, -0.15) is 12.8 Å². The Kier molecular flexibility index (Phi) is 6.07. The van der Waals surface area contributed by atoms with E-state index in [-0.39, 0.29) is 39.0 Å². The number of benzene rings is 3. The van der Waals surface area contributed by atoms with Crippen molar-refractivity contribution in [2.75, 3.05) is 16.8 Å². The Morgan fingerprint density at radius 2 is 1.88 bits per heavy atom. The topological polar surface area (TPSA) is 105 Å². The lowest BCUT2D eigenvalue weighted by Crippen LogP contribution is -2.38. The number of fused-ring (bicyclic) bond motifs is 1. The zero-order valence-electron chi connectivity index (χ0n) is 17.1. The van der Waals surface area contributed by atoms with Crippen LogP contribution in [0.5, 0.6) is 0 Å². The van der Waals surface area contributed by atoms with Crippen LogP contribution in [0.3, 0.4) is 0 Å². The zero-order chi connectivity index (χ0) is 23.8. The van der Waals surface area contributed by atoms with Gasteiger partial charge in [-0.3, -0.25) is 4.79 Å². The first-order valence-electron chi connectivity index (χ1n) is 9.58. The van der Waals surface area contributed by atoms with E-state index < -0.39 is 27.7 Å². The summed E-state index contributed by atoms with van der Waals surface area (Å²) in [5.74, 6) is -2.36. The van der Waals surface area contributed by atoms with E-state index >= 15 is 0 Å². The number of halogens is 2. The molecule has 0 saturated carbocycles. The maximum atomic E-state index is 14.1. The lowest BCUT2D eigenvalue weighted by molar-refractivity contribution is 0.0596. The van der Waals surface area contributed by atoms with Gasteiger partial charge in [-0.15, -0.1) is 0 Å². The Labute approximate surface area is 193 Å². The number of nitrogens with zero attached hydrogens (tertiary/aromatic N) is 1. The summed E-state index contributed by atoms with van der Waals surface area (Å²) in [5.41, 5.74) is 3.44. The second kappa shape index (κ2) is 8.81. The highest BCUT2D eigenvalue weighted by molar-refractivity contribution is 7.92. The zero-order valence-corrected chi connectivity index (χ0v) is 18.7. The number of carbonyl (C=O) groups excluding carboxylic acids is 2. The predicted octanol–water partition coefficient (Wildman–Crippen LogP) is 3.73. The minimum atomic E-state index is -4.22. The number of esters is 1. The second-order valence-electron chi connectivity index (χ2n) is 6.99. The Morgan fingerprint density at radius 1 is 1.12 bits per heavy atom. The smallest absolute Gasteiger partial charge is 0.339 e. The fourth-order valence-corrected chi connectivity index (χ4v) is 5.20. The van der Waals surface area contributed by atoms with E-state index in [9.17, 15) is 22.4 Å². The summed E-state index contributed by atoms with van der Waals surface area (Å²) in [6, 6.07) is 14.2. The van der Waals surface area contributed by atoms with Crippen molar-refractivity contribution in [1.29, 1.82) is 0 Å². The van der Waals surface area contributed by atoms with Crippen molar-refractivity contribution in [1.82, 2.24) is 5.43 Å². The van der Waals surface area contributed by atoms with Crippen LogP contribution in [0.4, 0.5) is 15.8 Å². The molecule has 1 aliphatic rings. The molecule has 0 unspecified atom stereocenters. The van der Waals surface area contributed by atoms with Gasteiger partial charge in [0.25, 0.3) is 15.9 Å². The average Bonchev–Trinajstić information content (AvgIpc) is 3.22. The molecule has 0 aliphatic carbocycles. The maximum absolute atomic E-state index is 14.1. The standard InChI is InChI=1S/C22H17ClFN3O5S/c1-32-22(29)15-5-2-3-8-19(15)33(30,31)27-18-11-14(10-9-13(18)12-25-27)26-21(28)20-16(23)6-4-7-17(20)24/h2-11,25H,12H2,1H3,(H,26,28). The summed E-state index contributed by atoms with van der Waals surface area (Å²) in [6.07, 6.45) is 0. The monoisotopic (exact) mass is 489 g/mol. The van der Waals surface area contributed by atoms with Crippen LogP contribution < -0.4 is 15.2 Å². The van der Waals surface area contributed by atoms with Crippen LogP contribution in [-0.4, -0.2) is 27.4 Å². The van der Waals surface area contributed by atoms with Crippen molar-refractivity contribution in [3.63, 3.8) is 0 Å². The Balaban J connectivity index is 1.69. The number of amides is 1. The molecule has 3 aromatic carbocycles. The molecular weight excluding hydrogens is 473 g/mol. The van der Waals surface area contributed by atoms with Gasteiger partial charge in [0, 0.05) is 12.2 Å². The highest BCUT2D eigenvalue weighted by atomic mass is 35.5. The van der Waals surface area contributed by atoms with Crippen LogP contribution in [0, 0.1) is 5.82 Å². The highest BCUT2D eigenvalue weighted by Crippen LogP contribution is 2.34.